The van der Waals surface area contributed by atoms with Gasteiger partial charge in [-0.05, 0) is 105 Å². The van der Waals surface area contributed by atoms with Crippen molar-refractivity contribution in [2.75, 3.05) is 0 Å². The summed E-state index contributed by atoms with van der Waals surface area (Å²) in [6.45, 7) is 0. The molecule has 0 N–H and O–H groups in total. The molecule has 11 rings (SSSR count). The summed E-state index contributed by atoms with van der Waals surface area (Å²) in [5.41, 5.74) is 15.6. The molecule has 226 valence electrons. The van der Waals surface area contributed by atoms with Crippen LogP contribution in [-0.2, 0) is 5.41 Å². The van der Waals surface area contributed by atoms with Crippen molar-refractivity contribution in [3.63, 3.8) is 0 Å². The summed E-state index contributed by atoms with van der Waals surface area (Å²) in [6.07, 6.45) is 0. The fourth-order valence-corrected chi connectivity index (χ4v) is 9.42. The summed E-state index contributed by atoms with van der Waals surface area (Å²) >= 11 is 0. The van der Waals surface area contributed by atoms with E-state index in [4.69, 9.17) is 0 Å². The van der Waals surface area contributed by atoms with Crippen molar-refractivity contribution in [1.82, 2.24) is 0 Å². The zero-order chi connectivity index (χ0) is 32.1. The van der Waals surface area contributed by atoms with Gasteiger partial charge in [0.1, 0.15) is 0 Å². The topological polar surface area (TPSA) is 0 Å². The number of hydrogen-bond acceptors (Lipinski definition) is 0. The molecule has 0 saturated heterocycles. The van der Waals surface area contributed by atoms with Gasteiger partial charge in [0.2, 0.25) is 0 Å². The SMILES string of the molecule is c1ccc2c(c1)-c1ccccc1C21c2ccccc2-c2ccc(-c3c4ccccc4c(-c4cccc5ccccc45)c4ccccc34)cc21. The Morgan fingerprint density at radius 2 is 0.673 bits per heavy atom. The van der Waals surface area contributed by atoms with Crippen LogP contribution in [0.5, 0.6) is 0 Å². The van der Waals surface area contributed by atoms with Crippen LogP contribution in [0.4, 0.5) is 0 Å². The summed E-state index contributed by atoms with van der Waals surface area (Å²) in [5, 5.41) is 7.66. The minimum absolute atomic E-state index is 0.371. The van der Waals surface area contributed by atoms with Gasteiger partial charge in [-0.15, -0.1) is 0 Å². The van der Waals surface area contributed by atoms with Gasteiger partial charge in [0.05, 0.1) is 5.41 Å². The van der Waals surface area contributed by atoms with Crippen molar-refractivity contribution in [3.05, 3.63) is 204 Å². The molecule has 0 saturated carbocycles. The fourth-order valence-electron chi connectivity index (χ4n) is 9.42. The van der Waals surface area contributed by atoms with Gasteiger partial charge >= 0.3 is 0 Å². The lowest BCUT2D eigenvalue weighted by Crippen LogP contribution is -2.25. The predicted octanol–water partition coefficient (Wildman–Crippen LogP) is 12.8. The Morgan fingerprint density at radius 3 is 1.24 bits per heavy atom. The molecule has 0 unspecified atom stereocenters. The summed E-state index contributed by atoms with van der Waals surface area (Å²) in [5.74, 6) is 0. The van der Waals surface area contributed by atoms with E-state index in [1.807, 2.05) is 0 Å². The monoisotopic (exact) mass is 618 g/mol. The second-order valence-electron chi connectivity index (χ2n) is 13.5. The molecule has 0 aromatic heterocycles. The third kappa shape index (κ3) is 3.43. The maximum absolute atomic E-state index is 2.53. The molecule has 0 amide bonds. The van der Waals surface area contributed by atoms with Crippen LogP contribution < -0.4 is 0 Å². The van der Waals surface area contributed by atoms with Gasteiger partial charge < -0.3 is 0 Å². The van der Waals surface area contributed by atoms with Crippen LogP contribution in [-0.4, -0.2) is 0 Å². The Morgan fingerprint density at radius 1 is 0.265 bits per heavy atom. The Balaban J connectivity index is 1.25. The van der Waals surface area contributed by atoms with Crippen LogP contribution in [0.2, 0.25) is 0 Å². The molecule has 0 heteroatoms. The van der Waals surface area contributed by atoms with Gasteiger partial charge in [-0.3, -0.25) is 0 Å². The highest BCUT2D eigenvalue weighted by molar-refractivity contribution is 6.23. The first-order valence-electron chi connectivity index (χ1n) is 17.2. The molecule has 0 heterocycles. The van der Waals surface area contributed by atoms with E-state index in [-0.39, 0.29) is 5.41 Å². The quantitative estimate of drug-likeness (QED) is 0.169. The van der Waals surface area contributed by atoms with Crippen LogP contribution in [0, 0.1) is 0 Å². The molecule has 0 radical (unpaired) electrons. The molecule has 0 bridgehead atoms. The smallest absolute Gasteiger partial charge is 0.0619 e. The molecular weight excluding hydrogens is 589 g/mol. The average Bonchev–Trinajstić information content (AvgIpc) is 3.64. The molecule has 1 spiro atoms. The molecule has 2 aliphatic rings. The first kappa shape index (κ1) is 26.8. The van der Waals surface area contributed by atoms with Crippen LogP contribution in [0.1, 0.15) is 22.3 Å². The van der Waals surface area contributed by atoms with E-state index in [9.17, 15) is 0 Å². The number of fused-ring (bicyclic) bond motifs is 13. The minimum atomic E-state index is -0.371. The number of rotatable bonds is 2. The molecule has 0 aliphatic heterocycles. The molecule has 49 heavy (non-hydrogen) atoms. The Kier molecular flexibility index (Phi) is 5.41. The summed E-state index contributed by atoms with van der Waals surface area (Å²) in [7, 11) is 0. The average molecular weight is 619 g/mol. The minimum Gasteiger partial charge on any atom is -0.0619 e. The lowest BCUT2D eigenvalue weighted by atomic mass is 9.70. The van der Waals surface area contributed by atoms with Crippen molar-refractivity contribution in [1.29, 1.82) is 0 Å². The van der Waals surface area contributed by atoms with Crippen molar-refractivity contribution in [2.24, 2.45) is 0 Å². The molecule has 9 aromatic carbocycles. The maximum Gasteiger partial charge on any atom is 0.0725 e. The number of benzene rings is 9. The first-order valence-corrected chi connectivity index (χ1v) is 17.2. The molecule has 0 fully saturated rings. The summed E-state index contributed by atoms with van der Waals surface area (Å²) < 4.78 is 0. The lowest BCUT2D eigenvalue weighted by Gasteiger charge is -2.31. The van der Waals surface area contributed by atoms with E-state index < -0.39 is 0 Å². The molecule has 0 atom stereocenters. The molecule has 2 aliphatic carbocycles. The van der Waals surface area contributed by atoms with Crippen LogP contribution >= 0.6 is 0 Å². The fraction of sp³-hybridized carbons (Fsp3) is 0.0204. The molecule has 9 aromatic rings. The highest BCUT2D eigenvalue weighted by Gasteiger charge is 2.51. The predicted molar refractivity (Wildman–Crippen MR) is 206 cm³/mol. The third-order valence-electron chi connectivity index (χ3n) is 11.3. The van der Waals surface area contributed by atoms with Gasteiger partial charge in [-0.2, -0.15) is 0 Å². The zero-order valence-corrected chi connectivity index (χ0v) is 26.8. The lowest BCUT2D eigenvalue weighted by molar-refractivity contribution is 0.794. The highest BCUT2D eigenvalue weighted by Crippen LogP contribution is 2.63. The summed E-state index contributed by atoms with van der Waals surface area (Å²) in [4.78, 5) is 0. The van der Waals surface area contributed by atoms with Crippen molar-refractivity contribution < 1.29 is 0 Å². The molecular formula is C49H30. The van der Waals surface area contributed by atoms with E-state index in [2.05, 4.69) is 182 Å². The van der Waals surface area contributed by atoms with E-state index in [0.29, 0.717) is 0 Å². The maximum atomic E-state index is 2.53. The van der Waals surface area contributed by atoms with Gasteiger partial charge in [-0.25, -0.2) is 0 Å². The third-order valence-corrected chi connectivity index (χ3v) is 11.3. The standard InChI is InChI=1S/C49H30/c1-2-16-33-31(14-1)15-13-24-38(33)48-41-22-5-3-20-39(41)47(40-21-4-6-23-42(40)48)32-28-29-37-36-19-9-12-27-45(36)49(46(37)30-32)43-25-10-7-17-34(43)35-18-8-11-26-44(35)49/h1-30H. The van der Waals surface area contributed by atoms with Crippen LogP contribution in [0.3, 0.4) is 0 Å². The van der Waals surface area contributed by atoms with Gasteiger partial charge in [-0.1, -0.05) is 176 Å². The first-order chi connectivity index (χ1) is 24.3. The van der Waals surface area contributed by atoms with Crippen molar-refractivity contribution in [3.8, 4) is 44.5 Å². The second-order valence-corrected chi connectivity index (χ2v) is 13.5. The van der Waals surface area contributed by atoms with Crippen molar-refractivity contribution in [2.45, 2.75) is 5.41 Å². The second kappa shape index (κ2) is 9.89. The Bertz CT molecular complexity index is 2710. The van der Waals surface area contributed by atoms with Gasteiger partial charge in [0.15, 0.2) is 0 Å². The van der Waals surface area contributed by atoms with E-state index in [1.54, 1.807) is 0 Å². The van der Waals surface area contributed by atoms with Gasteiger partial charge in [0.25, 0.3) is 0 Å². The van der Waals surface area contributed by atoms with Crippen LogP contribution in [0.15, 0.2) is 182 Å². The normalized spacial score (nSPS) is 13.5. The largest absolute Gasteiger partial charge is 0.0725 e. The number of hydrogen-bond donors (Lipinski definition) is 0. The van der Waals surface area contributed by atoms with E-state index in [0.717, 1.165) is 0 Å². The van der Waals surface area contributed by atoms with Gasteiger partial charge in [0, 0.05) is 0 Å². The van der Waals surface area contributed by atoms with Crippen LogP contribution in [0.25, 0.3) is 76.8 Å². The highest BCUT2D eigenvalue weighted by atomic mass is 14.5. The summed E-state index contributed by atoms with van der Waals surface area (Å²) in [6, 6.07) is 68.0. The zero-order valence-electron chi connectivity index (χ0n) is 26.8. The Hall–Kier alpha value is -6.24. The van der Waals surface area contributed by atoms with E-state index >= 15 is 0 Å². The Labute approximate surface area is 285 Å². The van der Waals surface area contributed by atoms with Crippen molar-refractivity contribution >= 4 is 32.3 Å². The molecule has 0 nitrogen and oxygen atoms in total. The van der Waals surface area contributed by atoms with E-state index in [1.165, 1.54) is 99.1 Å².